The molecule has 0 rings (SSSR count). The number of hydrogen-bond acceptors (Lipinski definition) is 0. The molecule has 0 bridgehead atoms. The Morgan fingerprint density at radius 3 is 1.82 bits per heavy atom. The monoisotopic (exact) mass is 174 g/mol. The van der Waals surface area contributed by atoms with Crippen LogP contribution in [0.3, 0.4) is 0 Å². The van der Waals surface area contributed by atoms with Crippen LogP contribution in [-0.2, 0) is 0 Å². The SMILES string of the molecule is CC=CS(C)(C)C(C)C(C)C. The Morgan fingerprint density at radius 1 is 1.09 bits per heavy atom. The van der Waals surface area contributed by atoms with E-state index in [1.165, 1.54) is 0 Å². The topological polar surface area (TPSA) is 0 Å². The van der Waals surface area contributed by atoms with E-state index in [0.29, 0.717) is 0 Å². The van der Waals surface area contributed by atoms with E-state index in [9.17, 15) is 0 Å². The second-order valence-electron chi connectivity index (χ2n) is 3.91. The van der Waals surface area contributed by atoms with Crippen LogP contribution in [0.15, 0.2) is 11.5 Å². The van der Waals surface area contributed by atoms with Crippen molar-refractivity contribution in [3.63, 3.8) is 0 Å². The molecule has 0 amide bonds. The summed E-state index contributed by atoms with van der Waals surface area (Å²) in [5, 5.41) is 3.22. The lowest BCUT2D eigenvalue weighted by molar-refractivity contribution is 0.638. The van der Waals surface area contributed by atoms with Crippen molar-refractivity contribution in [2.45, 2.75) is 32.9 Å². The molecule has 0 aromatic carbocycles. The van der Waals surface area contributed by atoms with Gasteiger partial charge in [-0.2, -0.15) is 0 Å². The van der Waals surface area contributed by atoms with Gasteiger partial charge < -0.3 is 0 Å². The normalized spacial score (nSPS) is 17.7. The highest BCUT2D eigenvalue weighted by Crippen LogP contribution is 2.49. The van der Waals surface area contributed by atoms with Gasteiger partial charge in [0.05, 0.1) is 0 Å². The van der Waals surface area contributed by atoms with Gasteiger partial charge in [0.1, 0.15) is 0 Å². The molecule has 0 aliphatic heterocycles. The summed E-state index contributed by atoms with van der Waals surface area (Å²) in [5.74, 6) is 0.802. The Kier molecular flexibility index (Phi) is 4.23. The number of rotatable bonds is 3. The van der Waals surface area contributed by atoms with Crippen molar-refractivity contribution < 1.29 is 0 Å². The molecule has 0 nitrogen and oxygen atoms in total. The zero-order valence-corrected chi connectivity index (χ0v) is 9.53. The second kappa shape index (κ2) is 4.20. The molecule has 0 saturated heterocycles. The van der Waals surface area contributed by atoms with Gasteiger partial charge in [-0.15, -0.1) is 0 Å². The van der Waals surface area contributed by atoms with Crippen molar-refractivity contribution in [2.24, 2.45) is 5.92 Å². The van der Waals surface area contributed by atoms with Gasteiger partial charge in [0.15, 0.2) is 0 Å². The number of hydrogen-bond donors (Lipinski definition) is 0. The molecule has 0 aliphatic carbocycles. The fourth-order valence-electron chi connectivity index (χ4n) is 1.18. The van der Waals surface area contributed by atoms with Crippen molar-refractivity contribution in [1.82, 2.24) is 0 Å². The summed E-state index contributed by atoms with van der Waals surface area (Å²) >= 11 is 0. The van der Waals surface area contributed by atoms with E-state index in [-0.39, 0.29) is 0 Å². The standard InChI is InChI=1S/C10H22S/c1-7-8-11(5,6)10(4)9(2)3/h7-10H,1-6H3. The highest BCUT2D eigenvalue weighted by Gasteiger charge is 2.19. The highest BCUT2D eigenvalue weighted by atomic mass is 32.3. The van der Waals surface area contributed by atoms with Gasteiger partial charge in [0.2, 0.25) is 0 Å². The van der Waals surface area contributed by atoms with Gasteiger partial charge in [0.25, 0.3) is 0 Å². The van der Waals surface area contributed by atoms with Crippen LogP contribution in [0.1, 0.15) is 27.7 Å². The van der Waals surface area contributed by atoms with E-state index < -0.39 is 10.0 Å². The van der Waals surface area contributed by atoms with Crippen LogP contribution >= 0.6 is 10.0 Å². The predicted molar refractivity (Wildman–Crippen MR) is 58.6 cm³/mol. The largest absolute Gasteiger partial charge is 0.224 e. The maximum Gasteiger partial charge on any atom is -0.00890 e. The minimum atomic E-state index is -0.490. The predicted octanol–water partition coefficient (Wildman–Crippen LogP) is 3.63. The van der Waals surface area contributed by atoms with E-state index >= 15 is 0 Å². The summed E-state index contributed by atoms with van der Waals surface area (Å²) in [7, 11) is -0.490. The average Bonchev–Trinajstić information content (AvgIpc) is 1.86. The first-order valence-corrected chi connectivity index (χ1v) is 6.84. The van der Waals surface area contributed by atoms with Gasteiger partial charge in [-0.05, 0) is 30.6 Å². The molecular formula is C10H22S. The van der Waals surface area contributed by atoms with Gasteiger partial charge in [-0.1, -0.05) is 32.3 Å². The fourth-order valence-corrected chi connectivity index (χ4v) is 3.53. The Bertz CT molecular complexity index is 134. The molecule has 0 heterocycles. The third-order valence-electron chi connectivity index (χ3n) is 2.38. The minimum absolute atomic E-state index is 0.490. The van der Waals surface area contributed by atoms with Crippen molar-refractivity contribution >= 4 is 10.0 Å². The Hall–Kier alpha value is 0.0900. The van der Waals surface area contributed by atoms with Gasteiger partial charge in [0, 0.05) is 0 Å². The van der Waals surface area contributed by atoms with Crippen LogP contribution in [0.5, 0.6) is 0 Å². The third-order valence-corrected chi connectivity index (χ3v) is 5.82. The quantitative estimate of drug-likeness (QED) is 0.613. The van der Waals surface area contributed by atoms with Crippen LogP contribution in [0.25, 0.3) is 0 Å². The van der Waals surface area contributed by atoms with Crippen molar-refractivity contribution in [2.75, 3.05) is 12.5 Å². The molecule has 0 aliphatic rings. The summed E-state index contributed by atoms with van der Waals surface area (Å²) in [4.78, 5) is 0. The third kappa shape index (κ3) is 3.33. The molecule has 0 spiro atoms. The molecule has 0 aromatic heterocycles. The first kappa shape index (κ1) is 11.1. The molecule has 0 saturated carbocycles. The maximum absolute atomic E-state index is 2.39. The molecule has 1 heteroatoms. The van der Waals surface area contributed by atoms with Crippen LogP contribution in [-0.4, -0.2) is 17.8 Å². The molecule has 0 N–H and O–H groups in total. The lowest BCUT2D eigenvalue weighted by Crippen LogP contribution is -2.17. The Labute approximate surface area is 73.4 Å². The van der Waals surface area contributed by atoms with E-state index in [1.54, 1.807) is 0 Å². The molecular weight excluding hydrogens is 152 g/mol. The maximum atomic E-state index is 2.39. The summed E-state index contributed by atoms with van der Waals surface area (Å²) < 4.78 is 0. The summed E-state index contributed by atoms with van der Waals surface area (Å²) in [6, 6.07) is 0. The van der Waals surface area contributed by atoms with E-state index in [2.05, 4.69) is 51.7 Å². The van der Waals surface area contributed by atoms with Crippen LogP contribution in [0.2, 0.25) is 0 Å². The molecule has 11 heavy (non-hydrogen) atoms. The van der Waals surface area contributed by atoms with Gasteiger partial charge in [-0.3, -0.25) is 0 Å². The summed E-state index contributed by atoms with van der Waals surface area (Å²) in [6.45, 7) is 9.09. The molecule has 0 fully saturated rings. The van der Waals surface area contributed by atoms with E-state index in [0.717, 1.165) is 11.2 Å². The average molecular weight is 174 g/mol. The van der Waals surface area contributed by atoms with Crippen molar-refractivity contribution in [3.8, 4) is 0 Å². The Balaban J connectivity index is 4.28. The minimum Gasteiger partial charge on any atom is -0.224 e. The summed E-state index contributed by atoms with van der Waals surface area (Å²) in [6.07, 6.45) is 6.96. The zero-order chi connectivity index (χ0) is 9.07. The first-order valence-electron chi connectivity index (χ1n) is 4.26. The fraction of sp³-hybridized carbons (Fsp3) is 0.800. The number of allylic oxidation sites excluding steroid dienone is 1. The van der Waals surface area contributed by atoms with Crippen LogP contribution in [0.4, 0.5) is 0 Å². The zero-order valence-electron chi connectivity index (χ0n) is 8.72. The van der Waals surface area contributed by atoms with Gasteiger partial charge in [-0.25, -0.2) is 10.0 Å². The Morgan fingerprint density at radius 2 is 1.55 bits per heavy atom. The van der Waals surface area contributed by atoms with Crippen molar-refractivity contribution in [3.05, 3.63) is 11.5 Å². The van der Waals surface area contributed by atoms with Crippen molar-refractivity contribution in [1.29, 1.82) is 0 Å². The van der Waals surface area contributed by atoms with Gasteiger partial charge >= 0.3 is 0 Å². The van der Waals surface area contributed by atoms with Crippen LogP contribution in [0, 0.1) is 5.92 Å². The van der Waals surface area contributed by atoms with Crippen LogP contribution < -0.4 is 0 Å². The highest BCUT2D eigenvalue weighted by molar-refractivity contribution is 8.35. The summed E-state index contributed by atoms with van der Waals surface area (Å²) in [5.41, 5.74) is 0. The smallest absolute Gasteiger partial charge is 0.00890 e. The second-order valence-corrected chi connectivity index (χ2v) is 7.90. The lowest BCUT2D eigenvalue weighted by atomic mass is 10.2. The molecule has 1 unspecified atom stereocenters. The first-order chi connectivity index (χ1) is 4.91. The lowest BCUT2D eigenvalue weighted by Gasteiger charge is -2.37. The molecule has 68 valence electrons. The van der Waals surface area contributed by atoms with E-state index in [1.807, 2.05) is 0 Å². The molecule has 1 atom stereocenters. The molecule has 0 radical (unpaired) electrons. The molecule has 0 aromatic rings. The van der Waals surface area contributed by atoms with E-state index in [4.69, 9.17) is 0 Å².